The van der Waals surface area contributed by atoms with E-state index in [1.54, 1.807) is 0 Å². The number of rotatable bonds is 9. The smallest absolute Gasteiger partial charge is 0.162 e. The molecular formula is C15H24BrNO2. The maximum atomic E-state index is 5.65. The first-order chi connectivity index (χ1) is 9.22. The van der Waals surface area contributed by atoms with Crippen molar-refractivity contribution in [2.45, 2.75) is 33.1 Å². The minimum absolute atomic E-state index is 0.647. The molecule has 0 radical (unpaired) electrons. The summed E-state index contributed by atoms with van der Waals surface area (Å²) in [5, 5.41) is 3.17. The predicted molar refractivity (Wildman–Crippen MR) is 83.3 cm³/mol. The standard InChI is InChI=1S/C15H24BrNO2/c1-4-18-14-10-12(8-6-7-9-17-3)13(16)11-15(14)19-5-2/h10-11,17H,4-9H2,1-3H3. The van der Waals surface area contributed by atoms with Gasteiger partial charge in [0.25, 0.3) is 0 Å². The van der Waals surface area contributed by atoms with Gasteiger partial charge in [0.15, 0.2) is 11.5 Å². The predicted octanol–water partition coefficient (Wildman–Crippen LogP) is 3.79. The van der Waals surface area contributed by atoms with E-state index in [1.807, 2.05) is 27.0 Å². The topological polar surface area (TPSA) is 30.5 Å². The Balaban J connectivity index is 2.77. The molecule has 0 amide bonds. The van der Waals surface area contributed by atoms with Gasteiger partial charge < -0.3 is 14.8 Å². The third-order valence-corrected chi connectivity index (χ3v) is 3.57. The first-order valence-electron chi connectivity index (χ1n) is 6.95. The first kappa shape index (κ1) is 16.3. The zero-order valence-electron chi connectivity index (χ0n) is 12.1. The number of halogens is 1. The summed E-state index contributed by atoms with van der Waals surface area (Å²) < 4.78 is 12.4. The van der Waals surface area contributed by atoms with Gasteiger partial charge in [0.2, 0.25) is 0 Å². The van der Waals surface area contributed by atoms with Gasteiger partial charge in [-0.25, -0.2) is 0 Å². The highest BCUT2D eigenvalue weighted by molar-refractivity contribution is 9.10. The van der Waals surface area contributed by atoms with E-state index in [1.165, 1.54) is 18.4 Å². The zero-order chi connectivity index (χ0) is 14.1. The van der Waals surface area contributed by atoms with Crippen LogP contribution in [0, 0.1) is 0 Å². The van der Waals surface area contributed by atoms with Gasteiger partial charge in [0.05, 0.1) is 13.2 Å². The molecule has 0 aliphatic heterocycles. The van der Waals surface area contributed by atoms with Crippen LogP contribution in [0.4, 0.5) is 0 Å². The Hall–Kier alpha value is -0.740. The summed E-state index contributed by atoms with van der Waals surface area (Å²) >= 11 is 3.62. The maximum Gasteiger partial charge on any atom is 0.162 e. The Kier molecular flexibility index (Phi) is 7.91. The molecule has 0 aliphatic carbocycles. The van der Waals surface area contributed by atoms with Gasteiger partial charge in [0, 0.05) is 4.47 Å². The summed E-state index contributed by atoms with van der Waals surface area (Å²) in [6.07, 6.45) is 3.40. The van der Waals surface area contributed by atoms with Crippen molar-refractivity contribution in [2.75, 3.05) is 26.8 Å². The molecule has 0 spiro atoms. The van der Waals surface area contributed by atoms with Crippen molar-refractivity contribution in [3.63, 3.8) is 0 Å². The lowest BCUT2D eigenvalue weighted by atomic mass is 10.1. The van der Waals surface area contributed by atoms with E-state index < -0.39 is 0 Å². The molecule has 19 heavy (non-hydrogen) atoms. The van der Waals surface area contributed by atoms with E-state index in [9.17, 15) is 0 Å². The molecule has 0 aromatic heterocycles. The van der Waals surface area contributed by atoms with Crippen LogP contribution in [0.25, 0.3) is 0 Å². The molecule has 0 saturated carbocycles. The highest BCUT2D eigenvalue weighted by Gasteiger charge is 2.10. The molecule has 1 rings (SSSR count). The van der Waals surface area contributed by atoms with Crippen LogP contribution in [0.1, 0.15) is 32.3 Å². The minimum Gasteiger partial charge on any atom is -0.490 e. The fraction of sp³-hybridized carbons (Fsp3) is 0.600. The fourth-order valence-corrected chi connectivity index (χ4v) is 2.44. The summed E-state index contributed by atoms with van der Waals surface area (Å²) in [6.45, 7) is 6.33. The van der Waals surface area contributed by atoms with Gasteiger partial charge in [-0.1, -0.05) is 15.9 Å². The SMILES string of the molecule is CCOc1cc(Br)c(CCCCNC)cc1OCC. The highest BCUT2D eigenvalue weighted by Crippen LogP contribution is 2.34. The molecule has 0 bridgehead atoms. The second-order valence-electron chi connectivity index (χ2n) is 4.32. The van der Waals surface area contributed by atoms with Gasteiger partial charge >= 0.3 is 0 Å². The molecule has 0 heterocycles. The average Bonchev–Trinajstić information content (AvgIpc) is 2.39. The van der Waals surface area contributed by atoms with Crippen molar-refractivity contribution in [1.82, 2.24) is 5.32 Å². The molecule has 3 nitrogen and oxygen atoms in total. The second kappa shape index (κ2) is 9.21. The molecule has 0 aliphatic rings. The van der Waals surface area contributed by atoms with Crippen LogP contribution in [0.3, 0.4) is 0 Å². The van der Waals surface area contributed by atoms with E-state index in [0.717, 1.165) is 28.9 Å². The molecule has 0 saturated heterocycles. The lowest BCUT2D eigenvalue weighted by Crippen LogP contribution is -2.07. The monoisotopic (exact) mass is 329 g/mol. The molecule has 1 aromatic rings. The van der Waals surface area contributed by atoms with Crippen LogP contribution in [0.2, 0.25) is 0 Å². The third kappa shape index (κ3) is 5.41. The van der Waals surface area contributed by atoms with Crippen molar-refractivity contribution in [2.24, 2.45) is 0 Å². The summed E-state index contributed by atoms with van der Waals surface area (Å²) in [7, 11) is 1.99. The van der Waals surface area contributed by atoms with E-state index >= 15 is 0 Å². The van der Waals surface area contributed by atoms with Crippen molar-refractivity contribution in [3.05, 3.63) is 22.2 Å². The Labute approximate surface area is 124 Å². The van der Waals surface area contributed by atoms with Gasteiger partial charge in [-0.15, -0.1) is 0 Å². The number of unbranched alkanes of at least 4 members (excludes halogenated alkanes) is 1. The van der Waals surface area contributed by atoms with Crippen molar-refractivity contribution in [3.8, 4) is 11.5 Å². The minimum atomic E-state index is 0.647. The number of ether oxygens (including phenoxy) is 2. The van der Waals surface area contributed by atoms with E-state index in [-0.39, 0.29) is 0 Å². The molecular weight excluding hydrogens is 306 g/mol. The zero-order valence-corrected chi connectivity index (χ0v) is 13.7. The third-order valence-electron chi connectivity index (χ3n) is 2.84. The number of hydrogen-bond donors (Lipinski definition) is 1. The van der Waals surface area contributed by atoms with E-state index in [4.69, 9.17) is 9.47 Å². The van der Waals surface area contributed by atoms with Gasteiger partial charge in [-0.05, 0) is 64.4 Å². The summed E-state index contributed by atoms with van der Waals surface area (Å²) in [5.74, 6) is 1.66. The lowest BCUT2D eigenvalue weighted by Gasteiger charge is -2.14. The largest absolute Gasteiger partial charge is 0.490 e. The molecule has 1 N–H and O–H groups in total. The van der Waals surface area contributed by atoms with E-state index in [0.29, 0.717) is 13.2 Å². The molecule has 1 aromatic carbocycles. The normalized spacial score (nSPS) is 10.5. The number of aryl methyl sites for hydroxylation is 1. The molecule has 0 fully saturated rings. The van der Waals surface area contributed by atoms with E-state index in [2.05, 4.69) is 27.3 Å². The van der Waals surface area contributed by atoms with Crippen LogP contribution in [-0.2, 0) is 6.42 Å². The maximum absolute atomic E-state index is 5.65. The van der Waals surface area contributed by atoms with Gasteiger partial charge in [0.1, 0.15) is 0 Å². The number of benzene rings is 1. The summed E-state index contributed by atoms with van der Waals surface area (Å²) in [5.41, 5.74) is 1.28. The summed E-state index contributed by atoms with van der Waals surface area (Å²) in [4.78, 5) is 0. The van der Waals surface area contributed by atoms with Crippen molar-refractivity contribution < 1.29 is 9.47 Å². The quantitative estimate of drug-likeness (QED) is 0.699. The molecule has 4 heteroatoms. The second-order valence-corrected chi connectivity index (χ2v) is 5.17. The Morgan fingerprint density at radius 3 is 2.26 bits per heavy atom. The Bertz CT molecular complexity index is 383. The van der Waals surface area contributed by atoms with Crippen LogP contribution in [0.15, 0.2) is 16.6 Å². The van der Waals surface area contributed by atoms with Crippen LogP contribution < -0.4 is 14.8 Å². The average molecular weight is 330 g/mol. The molecule has 108 valence electrons. The summed E-state index contributed by atoms with van der Waals surface area (Å²) in [6, 6.07) is 4.11. The molecule has 0 atom stereocenters. The fourth-order valence-electron chi connectivity index (χ4n) is 1.92. The van der Waals surface area contributed by atoms with Gasteiger partial charge in [-0.3, -0.25) is 0 Å². The first-order valence-corrected chi connectivity index (χ1v) is 7.74. The van der Waals surface area contributed by atoms with Crippen LogP contribution in [-0.4, -0.2) is 26.8 Å². The van der Waals surface area contributed by atoms with Crippen molar-refractivity contribution in [1.29, 1.82) is 0 Å². The Morgan fingerprint density at radius 2 is 1.68 bits per heavy atom. The van der Waals surface area contributed by atoms with Gasteiger partial charge in [-0.2, -0.15) is 0 Å². The molecule has 0 unspecified atom stereocenters. The lowest BCUT2D eigenvalue weighted by molar-refractivity contribution is 0.287. The number of nitrogens with one attached hydrogen (secondary N) is 1. The van der Waals surface area contributed by atoms with Crippen LogP contribution in [0.5, 0.6) is 11.5 Å². The Morgan fingerprint density at radius 1 is 1.05 bits per heavy atom. The van der Waals surface area contributed by atoms with Crippen molar-refractivity contribution >= 4 is 15.9 Å². The number of hydrogen-bond acceptors (Lipinski definition) is 3. The highest BCUT2D eigenvalue weighted by atomic mass is 79.9. The van der Waals surface area contributed by atoms with Crippen LogP contribution >= 0.6 is 15.9 Å².